The van der Waals surface area contributed by atoms with E-state index in [1.807, 2.05) is 13.1 Å². The molecule has 0 aromatic carbocycles. The first kappa shape index (κ1) is 17.6. The Kier molecular flexibility index (Phi) is 8.75. The van der Waals surface area contributed by atoms with Gasteiger partial charge in [-0.05, 0) is 25.2 Å². The second-order valence-corrected chi connectivity index (χ2v) is 5.31. The van der Waals surface area contributed by atoms with E-state index in [9.17, 15) is 0 Å². The van der Waals surface area contributed by atoms with E-state index in [1.165, 1.54) is 0 Å². The lowest BCUT2D eigenvalue weighted by Crippen LogP contribution is -1.98. The predicted molar refractivity (Wildman–Crippen MR) is 84.4 cm³/mol. The summed E-state index contributed by atoms with van der Waals surface area (Å²) in [5, 5.41) is 2.90. The number of anilines is 1. The summed E-state index contributed by atoms with van der Waals surface area (Å²) in [6, 6.07) is 0. The molecule has 19 heavy (non-hydrogen) atoms. The second kappa shape index (κ2) is 9.48. The number of aryl methyl sites for hydroxylation is 1. The average Bonchev–Trinajstić information content (AvgIpc) is 2.36. The minimum absolute atomic E-state index is 0.494. The summed E-state index contributed by atoms with van der Waals surface area (Å²) < 4.78 is 0. The van der Waals surface area contributed by atoms with Crippen molar-refractivity contribution < 1.29 is 0 Å². The summed E-state index contributed by atoms with van der Waals surface area (Å²) in [6.45, 7) is 12.7. The molecule has 108 valence electrons. The molecular weight excluding hydrogens is 236 g/mol. The largest absolute Gasteiger partial charge is 0.357 e. The third-order valence-electron chi connectivity index (χ3n) is 2.29. The smallest absolute Gasteiger partial charge is 0.222 e. The fourth-order valence-electron chi connectivity index (χ4n) is 1.02. The number of nitrogens with one attached hydrogen (secondary N) is 1. The highest BCUT2D eigenvalue weighted by molar-refractivity contribution is 5.65. The van der Waals surface area contributed by atoms with Crippen molar-refractivity contribution in [1.29, 1.82) is 0 Å². The molecular formula is C15H28N4. The lowest BCUT2D eigenvalue weighted by molar-refractivity contribution is 0.737. The van der Waals surface area contributed by atoms with Crippen LogP contribution in [0.1, 0.15) is 46.7 Å². The molecule has 0 saturated carbocycles. The van der Waals surface area contributed by atoms with Crippen LogP contribution in [-0.4, -0.2) is 23.2 Å². The summed E-state index contributed by atoms with van der Waals surface area (Å²) in [5.74, 6) is 1.96. The zero-order valence-electron chi connectivity index (χ0n) is 13.4. The van der Waals surface area contributed by atoms with Crippen LogP contribution in [0.4, 0.5) is 11.6 Å². The van der Waals surface area contributed by atoms with E-state index in [0.29, 0.717) is 11.9 Å². The molecule has 1 aromatic heterocycles. The molecule has 1 N–H and O–H groups in total. The van der Waals surface area contributed by atoms with Gasteiger partial charge in [0, 0.05) is 13.3 Å². The van der Waals surface area contributed by atoms with Crippen molar-refractivity contribution in [3.8, 4) is 0 Å². The first-order valence-corrected chi connectivity index (χ1v) is 6.96. The first-order chi connectivity index (χ1) is 8.90. The molecule has 0 spiro atoms. The summed E-state index contributed by atoms with van der Waals surface area (Å²) in [4.78, 5) is 12.8. The molecule has 0 aliphatic carbocycles. The van der Waals surface area contributed by atoms with Crippen LogP contribution in [0.5, 0.6) is 0 Å². The Hall–Kier alpha value is -1.45. The van der Waals surface area contributed by atoms with Crippen LogP contribution in [0.3, 0.4) is 0 Å². The van der Waals surface area contributed by atoms with Crippen molar-refractivity contribution in [3.05, 3.63) is 11.9 Å². The van der Waals surface area contributed by atoms with Crippen molar-refractivity contribution in [1.82, 2.24) is 9.97 Å². The van der Waals surface area contributed by atoms with Crippen molar-refractivity contribution in [2.45, 2.75) is 48.0 Å². The minimum atomic E-state index is 0.494. The van der Waals surface area contributed by atoms with E-state index in [0.717, 1.165) is 23.7 Å². The molecule has 0 aliphatic heterocycles. The first-order valence-electron chi connectivity index (χ1n) is 6.96. The molecule has 4 nitrogen and oxygen atoms in total. The van der Waals surface area contributed by atoms with Crippen LogP contribution in [-0.2, 0) is 0 Å². The third-order valence-corrected chi connectivity index (χ3v) is 2.29. The van der Waals surface area contributed by atoms with Gasteiger partial charge in [0.1, 0.15) is 5.69 Å². The molecule has 0 aliphatic rings. The molecule has 0 fully saturated rings. The number of aromatic nitrogens is 2. The van der Waals surface area contributed by atoms with Crippen LogP contribution in [0.2, 0.25) is 0 Å². The van der Waals surface area contributed by atoms with E-state index in [2.05, 4.69) is 54.9 Å². The number of aliphatic imine (C=N–C) groups is 1. The standard InChI is InChI=1S/C11H18N4.C4H10/c1-5-8(2)6-13-10-7-14-11(12-4)15-9(10)3;1-4(2)3/h6-8H,5H2,1-4H3,(H,12,14,15);4H,1-3H3. The van der Waals surface area contributed by atoms with Gasteiger partial charge in [-0.15, -0.1) is 0 Å². The monoisotopic (exact) mass is 264 g/mol. The highest BCUT2D eigenvalue weighted by atomic mass is 15.1. The Morgan fingerprint density at radius 1 is 1.32 bits per heavy atom. The van der Waals surface area contributed by atoms with Gasteiger partial charge in [0.2, 0.25) is 5.95 Å². The SMILES string of the molecule is CC(C)C.CCC(C)C=Nc1cnc(NC)nc1C. The van der Waals surface area contributed by atoms with Gasteiger partial charge in [0.05, 0.1) is 11.9 Å². The van der Waals surface area contributed by atoms with Gasteiger partial charge < -0.3 is 5.32 Å². The van der Waals surface area contributed by atoms with E-state index >= 15 is 0 Å². The zero-order valence-corrected chi connectivity index (χ0v) is 13.4. The Labute approximate surface area is 117 Å². The van der Waals surface area contributed by atoms with Crippen molar-refractivity contribution in [2.75, 3.05) is 12.4 Å². The fraction of sp³-hybridized carbons (Fsp3) is 0.667. The molecule has 1 rings (SSSR count). The molecule has 1 unspecified atom stereocenters. The number of hydrogen-bond donors (Lipinski definition) is 1. The van der Waals surface area contributed by atoms with Gasteiger partial charge in [0.15, 0.2) is 0 Å². The molecule has 1 heterocycles. The molecule has 0 amide bonds. The van der Waals surface area contributed by atoms with Gasteiger partial charge in [0.25, 0.3) is 0 Å². The number of hydrogen-bond acceptors (Lipinski definition) is 4. The van der Waals surface area contributed by atoms with Crippen molar-refractivity contribution >= 4 is 17.9 Å². The quantitative estimate of drug-likeness (QED) is 0.828. The number of rotatable bonds is 4. The molecule has 0 radical (unpaired) electrons. The Morgan fingerprint density at radius 3 is 2.32 bits per heavy atom. The van der Waals surface area contributed by atoms with Gasteiger partial charge in [-0.2, -0.15) is 0 Å². The van der Waals surface area contributed by atoms with Gasteiger partial charge in [-0.25, -0.2) is 9.97 Å². The highest BCUT2D eigenvalue weighted by Gasteiger charge is 2.00. The lowest BCUT2D eigenvalue weighted by atomic mass is 10.1. The van der Waals surface area contributed by atoms with Gasteiger partial charge in [-0.3, -0.25) is 4.99 Å². The zero-order chi connectivity index (χ0) is 14.8. The Morgan fingerprint density at radius 2 is 1.89 bits per heavy atom. The van der Waals surface area contributed by atoms with Crippen molar-refractivity contribution in [2.24, 2.45) is 16.8 Å². The van der Waals surface area contributed by atoms with E-state index in [-0.39, 0.29) is 0 Å². The molecule has 0 saturated heterocycles. The highest BCUT2D eigenvalue weighted by Crippen LogP contribution is 2.16. The van der Waals surface area contributed by atoms with Crippen molar-refractivity contribution in [3.63, 3.8) is 0 Å². The predicted octanol–water partition coefficient (Wildman–Crippen LogP) is 4.24. The Bertz CT molecular complexity index is 383. The Balaban J connectivity index is 0.000000711. The van der Waals surface area contributed by atoms with Crippen LogP contribution >= 0.6 is 0 Å². The van der Waals surface area contributed by atoms with E-state index < -0.39 is 0 Å². The van der Waals surface area contributed by atoms with Crippen LogP contribution < -0.4 is 5.32 Å². The van der Waals surface area contributed by atoms with E-state index in [1.54, 1.807) is 13.2 Å². The summed E-state index contributed by atoms with van der Waals surface area (Å²) in [5.41, 5.74) is 1.74. The maximum atomic E-state index is 4.37. The molecule has 4 heteroatoms. The van der Waals surface area contributed by atoms with Gasteiger partial charge in [-0.1, -0.05) is 34.6 Å². The van der Waals surface area contributed by atoms with Crippen LogP contribution in [0.15, 0.2) is 11.2 Å². The lowest BCUT2D eigenvalue weighted by Gasteiger charge is -2.03. The van der Waals surface area contributed by atoms with Crippen LogP contribution in [0.25, 0.3) is 0 Å². The topological polar surface area (TPSA) is 50.2 Å². The summed E-state index contributed by atoms with van der Waals surface area (Å²) in [6.07, 6.45) is 4.79. The maximum absolute atomic E-state index is 4.37. The summed E-state index contributed by atoms with van der Waals surface area (Å²) in [7, 11) is 1.80. The molecule has 1 aromatic rings. The van der Waals surface area contributed by atoms with Gasteiger partial charge >= 0.3 is 0 Å². The maximum Gasteiger partial charge on any atom is 0.222 e. The minimum Gasteiger partial charge on any atom is -0.357 e. The average molecular weight is 264 g/mol. The number of nitrogens with zero attached hydrogens (tertiary/aromatic N) is 3. The molecule has 1 atom stereocenters. The normalized spacial score (nSPS) is 12.2. The second-order valence-electron chi connectivity index (χ2n) is 5.31. The molecule has 0 bridgehead atoms. The third kappa shape index (κ3) is 8.30. The fourth-order valence-corrected chi connectivity index (χ4v) is 1.02. The summed E-state index contributed by atoms with van der Waals surface area (Å²) >= 11 is 0. The van der Waals surface area contributed by atoms with E-state index in [4.69, 9.17) is 0 Å². The van der Waals surface area contributed by atoms with Crippen LogP contribution in [0, 0.1) is 18.8 Å².